The van der Waals surface area contributed by atoms with Gasteiger partial charge < -0.3 is 83.3 Å². The van der Waals surface area contributed by atoms with Crippen LogP contribution in [0.15, 0.2) is 103 Å². The zero-order valence-electron chi connectivity index (χ0n) is 58.4. The lowest BCUT2D eigenvalue weighted by Crippen LogP contribution is -2.69. The van der Waals surface area contributed by atoms with Crippen molar-refractivity contribution in [1.29, 1.82) is 0 Å². The predicted molar refractivity (Wildman–Crippen MR) is 371 cm³/mol. The number of methoxy groups -OCH3 is 1. The number of carbonyl (C=O) groups excluding carboxylic acids is 12. The number of hydrogen-bond acceptors (Lipinski definition) is 17. The molecule has 6 aromatic rings. The van der Waals surface area contributed by atoms with E-state index in [1.54, 1.807) is 79.0 Å². The Morgan fingerprint density at radius 1 is 0.731 bits per heavy atom. The lowest BCUT2D eigenvalue weighted by atomic mass is 9.85. The molecule has 32 heteroatoms. The van der Waals surface area contributed by atoms with Gasteiger partial charge in [-0.15, -0.1) is 5.10 Å². The summed E-state index contributed by atoms with van der Waals surface area (Å²) in [5.41, 5.74) is 5.64. The van der Waals surface area contributed by atoms with E-state index >= 15 is 28.4 Å². The molecule has 11 rings (SSSR count). The van der Waals surface area contributed by atoms with Crippen LogP contribution < -0.4 is 58.3 Å². The molecule has 2 fully saturated rings. The number of carbonyl (C=O) groups is 12. The highest BCUT2D eigenvalue weighted by Gasteiger charge is 2.58. The second kappa shape index (κ2) is 32.4. The van der Waals surface area contributed by atoms with Crippen molar-refractivity contribution in [3.63, 3.8) is 0 Å². The molecule has 8 bridgehead atoms. The highest BCUT2D eigenvalue weighted by molar-refractivity contribution is 6.02. The molecular formula is C72H87FN16O15. The summed E-state index contributed by atoms with van der Waals surface area (Å²) in [4.78, 5) is 179. The molecule has 2 saturated heterocycles. The van der Waals surface area contributed by atoms with E-state index < -0.39 is 168 Å². The molecule has 0 aliphatic carbocycles. The number of ether oxygens (including phenoxy) is 1. The van der Waals surface area contributed by atoms with E-state index in [0.717, 1.165) is 11.8 Å². The standard InChI is InChI=1S/C72H87FN16O15/c1-38-62(95)77-39(2)63(96)80-54-30-45-9-7-10-46(27-45)36-87-37-49(85-86-87)21-24-72(58(92)22-26-89(72)68(101)57(81-65(54)98)31-47-35-75-52-20-17-48(73)32-51(47)52)70(103)84-60(40(3)90)66(99)82-56(29-43-15-18-50(104-6)19-16-43)67(100)88-25-8-23-71(88,5)69(102)83-53(61(74)94)28-42-11-13-44(14-12-42)34-76-59(93)33-55(64(97)78-38)79-41(4)91/h7,9-20,27,32,35,37-40,53-58,60,75,90,92H,8,21-26,28-31,33-34,36H2,1-6H3,(H2,74,94)(H,76,93)(H,77,95)(H,78,97)(H,79,91)(H,80,96)(H,81,98)(H,82,99)(H,83,102)(H,84,103)/t38-,39+,40-,53-,54-,55-,56-,57-,58-,60-,71-,72?/m0/s1. The van der Waals surface area contributed by atoms with Gasteiger partial charge in [-0.25, -0.2) is 9.07 Å². The number of nitrogens with two attached hydrogens (primary N) is 1. The lowest BCUT2D eigenvalue weighted by molar-refractivity contribution is -0.154. The van der Waals surface area contributed by atoms with Gasteiger partial charge in [0.05, 0.1) is 38.0 Å². The van der Waals surface area contributed by atoms with Crippen molar-refractivity contribution in [1.82, 2.24) is 77.6 Å². The molecule has 1 unspecified atom stereocenters. The first-order valence-electron chi connectivity index (χ1n) is 34.4. The molecule has 0 radical (unpaired) electrons. The van der Waals surface area contributed by atoms with Crippen molar-refractivity contribution in [3.8, 4) is 5.75 Å². The van der Waals surface area contributed by atoms with Gasteiger partial charge in [0.1, 0.15) is 71.0 Å². The van der Waals surface area contributed by atoms with Crippen LogP contribution in [-0.4, -0.2) is 203 Å². The van der Waals surface area contributed by atoms with Crippen LogP contribution in [0, 0.1) is 5.82 Å². The molecule has 2 aromatic heterocycles. The van der Waals surface area contributed by atoms with Crippen LogP contribution in [-0.2, 0) is 103 Å². The van der Waals surface area contributed by atoms with Gasteiger partial charge in [0.15, 0.2) is 0 Å². The first kappa shape index (κ1) is 75.5. The van der Waals surface area contributed by atoms with E-state index in [1.807, 2.05) is 0 Å². The average Bonchev–Trinajstić information content (AvgIpc) is 1.56. The van der Waals surface area contributed by atoms with Crippen molar-refractivity contribution in [3.05, 3.63) is 148 Å². The van der Waals surface area contributed by atoms with E-state index in [-0.39, 0.29) is 71.1 Å². The Morgan fingerprint density at radius 2 is 1.40 bits per heavy atom. The normalized spacial score (nSPS) is 26.6. The Balaban J connectivity index is 1.05. The third-order valence-electron chi connectivity index (χ3n) is 19.7. The molecule has 5 aliphatic rings. The number of amides is 12. The maximum Gasteiger partial charge on any atom is 0.249 e. The number of halogens is 1. The molecule has 4 aromatic carbocycles. The van der Waals surface area contributed by atoms with Gasteiger partial charge in [-0.2, -0.15) is 0 Å². The summed E-state index contributed by atoms with van der Waals surface area (Å²) >= 11 is 0. The van der Waals surface area contributed by atoms with Crippen LogP contribution in [0.2, 0.25) is 0 Å². The summed E-state index contributed by atoms with van der Waals surface area (Å²) in [5.74, 6) is -11.0. The molecule has 0 spiro atoms. The molecule has 552 valence electrons. The number of aromatic amines is 1. The first-order chi connectivity index (χ1) is 49.5. The largest absolute Gasteiger partial charge is 0.497 e. The smallest absolute Gasteiger partial charge is 0.249 e. The summed E-state index contributed by atoms with van der Waals surface area (Å²) in [6.07, 6.45) is -2.50. The molecule has 12 atom stereocenters. The number of fused-ring (bicyclic) bond motifs is 28. The minimum Gasteiger partial charge on any atom is -0.497 e. The fraction of sp³-hybridized carbons (Fsp3) is 0.444. The number of hydrogen-bond donors (Lipinski definition) is 13. The Bertz CT molecular complexity index is 4260. The molecule has 104 heavy (non-hydrogen) atoms. The van der Waals surface area contributed by atoms with Gasteiger partial charge in [0.2, 0.25) is 70.9 Å². The van der Waals surface area contributed by atoms with E-state index in [2.05, 4.69) is 63.1 Å². The van der Waals surface area contributed by atoms with Gasteiger partial charge in [0.25, 0.3) is 0 Å². The first-order valence-corrected chi connectivity index (χ1v) is 34.4. The highest BCUT2D eigenvalue weighted by atomic mass is 19.1. The van der Waals surface area contributed by atoms with Gasteiger partial charge in [0, 0.05) is 75.5 Å². The number of aliphatic hydroxyl groups is 2. The van der Waals surface area contributed by atoms with Crippen molar-refractivity contribution >= 4 is 81.8 Å². The van der Waals surface area contributed by atoms with E-state index in [0.29, 0.717) is 55.7 Å². The minimum atomic E-state index is -2.38. The van der Waals surface area contributed by atoms with Crippen LogP contribution in [0.1, 0.15) is 106 Å². The summed E-state index contributed by atoms with van der Waals surface area (Å²) in [5, 5.41) is 57.0. The number of H-pyrrole nitrogens is 1. The van der Waals surface area contributed by atoms with Crippen LogP contribution in [0.5, 0.6) is 5.75 Å². The van der Waals surface area contributed by atoms with Crippen molar-refractivity contribution in [2.75, 3.05) is 20.2 Å². The molecule has 31 nitrogen and oxygen atoms in total. The molecule has 12 amide bonds. The van der Waals surface area contributed by atoms with Gasteiger partial charge in [-0.3, -0.25) is 57.5 Å². The maximum atomic E-state index is 16.1. The monoisotopic (exact) mass is 1430 g/mol. The SMILES string of the molecule is COc1ccc(C[C@@H]2NC(=O)[C@H]([C@H](C)O)NC(=O)C34CCc5cn(nn5)Cc5cccc(c5)C[C@H](NC(=O)[C@@H](C)NC(=O)[C@H](C)NC(=O)[C@@H](NC(C)=O)CC(=O)NCc5ccc(cc5)C[C@@H](C(N)=O)NC(=O)[C@]5(C)CCCN5C2=O)C(=O)N[C@@H](Cc2c[nH]c5ccc(F)cc25)C(=O)N3CC[C@@H]4O)cc1. The average molecular weight is 1440 g/mol. The third-order valence-corrected chi connectivity index (χ3v) is 19.7. The molecular weight excluding hydrogens is 1350 g/mol. The number of aromatic nitrogens is 4. The number of benzene rings is 4. The number of aryl methyl sites for hydroxylation is 1. The van der Waals surface area contributed by atoms with Gasteiger partial charge >= 0.3 is 0 Å². The molecule has 5 aliphatic heterocycles. The number of primary amides is 1. The van der Waals surface area contributed by atoms with E-state index in [4.69, 9.17) is 10.5 Å². The highest BCUT2D eigenvalue weighted by Crippen LogP contribution is 2.37. The van der Waals surface area contributed by atoms with Crippen molar-refractivity contribution in [2.45, 2.75) is 184 Å². The topological polar surface area (TPSA) is 442 Å². The fourth-order valence-corrected chi connectivity index (χ4v) is 13.8. The van der Waals surface area contributed by atoms with Crippen molar-refractivity contribution < 1.29 is 76.9 Å². The summed E-state index contributed by atoms with van der Waals surface area (Å²) in [7, 11) is 1.46. The second-order valence-corrected chi connectivity index (χ2v) is 27.3. The van der Waals surface area contributed by atoms with Crippen LogP contribution in [0.3, 0.4) is 0 Å². The van der Waals surface area contributed by atoms with Gasteiger partial charge in [-0.1, -0.05) is 65.9 Å². The number of aliphatic hydroxyl groups excluding tert-OH is 2. The zero-order chi connectivity index (χ0) is 74.9. The van der Waals surface area contributed by atoms with Crippen LogP contribution in [0.25, 0.3) is 10.9 Å². The minimum absolute atomic E-state index is 0.00943. The number of rotatable bonds is 8. The number of nitrogens with one attached hydrogen (secondary N) is 10. The van der Waals surface area contributed by atoms with E-state index in [9.17, 15) is 43.8 Å². The predicted octanol–water partition coefficient (Wildman–Crippen LogP) is -1.29. The second-order valence-electron chi connectivity index (χ2n) is 27.3. The number of nitrogens with zero attached hydrogens (tertiary/aromatic N) is 5. The fourth-order valence-electron chi connectivity index (χ4n) is 13.8. The van der Waals surface area contributed by atoms with Crippen LogP contribution >= 0.6 is 0 Å². The summed E-state index contributed by atoms with van der Waals surface area (Å²) < 4.78 is 22.0. The van der Waals surface area contributed by atoms with E-state index in [1.165, 1.54) is 68.8 Å². The molecule has 7 heterocycles. The summed E-state index contributed by atoms with van der Waals surface area (Å²) in [6.45, 7) is 6.08. The Morgan fingerprint density at radius 3 is 2.11 bits per heavy atom. The zero-order valence-corrected chi connectivity index (χ0v) is 58.4. The summed E-state index contributed by atoms with van der Waals surface area (Å²) in [6, 6.07) is 11.5. The quantitative estimate of drug-likeness (QED) is 0.0789. The maximum absolute atomic E-state index is 16.1. The molecule has 14 N–H and O–H groups in total. The Hall–Kier alpha value is -11.2. The van der Waals surface area contributed by atoms with Crippen LogP contribution in [0.4, 0.5) is 4.39 Å². The Kier molecular flexibility index (Phi) is 23.6. The lowest BCUT2D eigenvalue weighted by Gasteiger charge is -2.42. The van der Waals surface area contributed by atoms with Gasteiger partial charge in [-0.05, 0) is 124 Å². The third kappa shape index (κ3) is 17.5. The van der Waals surface area contributed by atoms with Crippen molar-refractivity contribution in [2.24, 2.45) is 5.73 Å². The molecule has 0 saturated carbocycles. The Labute approximate surface area is 597 Å².